The van der Waals surface area contributed by atoms with E-state index in [1.807, 2.05) is 26.0 Å². The lowest BCUT2D eigenvalue weighted by Gasteiger charge is -2.13. The van der Waals surface area contributed by atoms with Crippen molar-refractivity contribution in [3.05, 3.63) is 82.9 Å². The highest BCUT2D eigenvalue weighted by molar-refractivity contribution is 7.92. The predicted molar refractivity (Wildman–Crippen MR) is 131 cm³/mol. The Morgan fingerprint density at radius 1 is 0.727 bits per heavy atom. The third-order valence-electron chi connectivity index (χ3n) is 4.85. The van der Waals surface area contributed by atoms with Gasteiger partial charge in [0.15, 0.2) is 0 Å². The summed E-state index contributed by atoms with van der Waals surface area (Å²) in [5, 5.41) is 2.68. The van der Waals surface area contributed by atoms with Gasteiger partial charge in [0, 0.05) is 11.3 Å². The number of anilines is 3. The number of carbonyl (C=O) groups excluding carboxylic acids is 1. The number of rotatable bonds is 7. The van der Waals surface area contributed by atoms with Crippen LogP contribution in [-0.2, 0) is 20.0 Å². The lowest BCUT2D eigenvalue weighted by Crippen LogP contribution is -2.15. The molecule has 0 saturated heterocycles. The van der Waals surface area contributed by atoms with Gasteiger partial charge in [-0.05, 0) is 79.9 Å². The molecule has 0 aliphatic rings. The minimum absolute atomic E-state index is 0.0522. The zero-order valence-electron chi connectivity index (χ0n) is 18.6. The minimum atomic E-state index is -3.81. The molecule has 0 unspecified atom stereocenters. The normalized spacial score (nSPS) is 11.6. The van der Waals surface area contributed by atoms with Gasteiger partial charge in [0.05, 0.1) is 22.5 Å². The fourth-order valence-electron chi connectivity index (χ4n) is 3.04. The Kier molecular flexibility index (Phi) is 6.80. The van der Waals surface area contributed by atoms with Crippen LogP contribution in [0.4, 0.5) is 17.1 Å². The molecule has 8 nitrogen and oxygen atoms in total. The van der Waals surface area contributed by atoms with Crippen LogP contribution in [0.25, 0.3) is 0 Å². The topological polar surface area (TPSA) is 121 Å². The van der Waals surface area contributed by atoms with E-state index in [2.05, 4.69) is 14.8 Å². The third-order valence-corrected chi connectivity index (χ3v) is 6.83. The number of hydrogen-bond donors (Lipinski definition) is 3. The molecule has 33 heavy (non-hydrogen) atoms. The van der Waals surface area contributed by atoms with Crippen LogP contribution < -0.4 is 14.8 Å². The summed E-state index contributed by atoms with van der Waals surface area (Å²) in [5.74, 6) is -0.462. The molecule has 10 heteroatoms. The van der Waals surface area contributed by atoms with Gasteiger partial charge in [0.25, 0.3) is 15.9 Å². The highest BCUT2D eigenvalue weighted by atomic mass is 32.2. The number of amides is 1. The second-order valence-corrected chi connectivity index (χ2v) is 11.2. The molecule has 0 atom stereocenters. The van der Waals surface area contributed by atoms with Gasteiger partial charge in [-0.2, -0.15) is 0 Å². The van der Waals surface area contributed by atoms with Gasteiger partial charge in [-0.25, -0.2) is 16.8 Å². The van der Waals surface area contributed by atoms with Crippen molar-refractivity contribution in [2.24, 2.45) is 0 Å². The summed E-state index contributed by atoms with van der Waals surface area (Å²) >= 11 is 0. The van der Waals surface area contributed by atoms with Crippen LogP contribution in [0.3, 0.4) is 0 Å². The first-order valence-electron chi connectivity index (χ1n) is 9.94. The number of benzene rings is 3. The molecule has 1 amide bonds. The third kappa shape index (κ3) is 6.33. The lowest BCUT2D eigenvalue weighted by atomic mass is 10.1. The van der Waals surface area contributed by atoms with Crippen LogP contribution >= 0.6 is 0 Å². The van der Waals surface area contributed by atoms with Crippen LogP contribution in [0.1, 0.15) is 27.0 Å². The van der Waals surface area contributed by atoms with E-state index in [0.29, 0.717) is 22.6 Å². The molecule has 0 saturated carbocycles. The lowest BCUT2D eigenvalue weighted by molar-refractivity contribution is 0.102. The quantitative estimate of drug-likeness (QED) is 0.464. The molecule has 3 N–H and O–H groups in total. The van der Waals surface area contributed by atoms with Crippen LogP contribution in [0, 0.1) is 20.8 Å². The summed E-state index contributed by atoms with van der Waals surface area (Å²) in [6, 6.07) is 15.9. The van der Waals surface area contributed by atoms with E-state index in [-0.39, 0.29) is 10.5 Å². The van der Waals surface area contributed by atoms with E-state index >= 15 is 0 Å². The molecule has 0 bridgehead atoms. The van der Waals surface area contributed by atoms with Gasteiger partial charge in [0.2, 0.25) is 10.0 Å². The van der Waals surface area contributed by atoms with E-state index < -0.39 is 26.0 Å². The smallest absolute Gasteiger partial charge is 0.261 e. The fraction of sp³-hybridized carbons (Fsp3) is 0.174. The fourth-order valence-corrected chi connectivity index (χ4v) is 4.78. The summed E-state index contributed by atoms with van der Waals surface area (Å²) in [4.78, 5) is 12.7. The van der Waals surface area contributed by atoms with Crippen molar-refractivity contribution in [2.45, 2.75) is 25.7 Å². The highest BCUT2D eigenvalue weighted by Gasteiger charge is 2.16. The van der Waals surface area contributed by atoms with E-state index in [4.69, 9.17) is 0 Å². The Labute approximate surface area is 194 Å². The minimum Gasteiger partial charge on any atom is -0.322 e. The van der Waals surface area contributed by atoms with Crippen molar-refractivity contribution >= 4 is 43.0 Å². The molecule has 0 fully saturated rings. The van der Waals surface area contributed by atoms with Gasteiger partial charge in [0.1, 0.15) is 0 Å². The van der Waals surface area contributed by atoms with Crippen molar-refractivity contribution in [3.63, 3.8) is 0 Å². The van der Waals surface area contributed by atoms with Crippen molar-refractivity contribution in [3.8, 4) is 0 Å². The average molecular weight is 488 g/mol. The van der Waals surface area contributed by atoms with E-state index in [9.17, 15) is 21.6 Å². The maximum atomic E-state index is 12.7. The number of carbonyl (C=O) groups is 1. The molecule has 3 rings (SSSR count). The van der Waals surface area contributed by atoms with Crippen LogP contribution in [-0.4, -0.2) is 29.0 Å². The Morgan fingerprint density at radius 3 is 1.91 bits per heavy atom. The molecule has 3 aromatic rings. The first-order chi connectivity index (χ1) is 15.3. The number of sulfonamides is 2. The predicted octanol–water partition coefficient (Wildman–Crippen LogP) is 4.04. The van der Waals surface area contributed by atoms with Gasteiger partial charge >= 0.3 is 0 Å². The first kappa shape index (κ1) is 24.3. The second kappa shape index (κ2) is 9.24. The van der Waals surface area contributed by atoms with Crippen molar-refractivity contribution in [1.29, 1.82) is 0 Å². The standard InChI is InChI=1S/C23H25N3O5S2/c1-15-5-6-16(2)21(13-15)26-33(30,31)20-11-9-19(10-12-20)24-23(27)18-8-7-17(3)22(14-18)25-32(4,28)29/h5-14,25-26H,1-4H3,(H,24,27). The number of hydrogen-bond acceptors (Lipinski definition) is 5. The average Bonchev–Trinajstić information content (AvgIpc) is 2.71. The Balaban J connectivity index is 1.76. The van der Waals surface area contributed by atoms with Crippen molar-refractivity contribution < 1.29 is 21.6 Å². The SMILES string of the molecule is Cc1ccc(C)c(NS(=O)(=O)c2ccc(NC(=O)c3ccc(C)c(NS(C)(=O)=O)c3)cc2)c1. The molecule has 174 valence electrons. The summed E-state index contributed by atoms with van der Waals surface area (Å²) in [6.45, 7) is 5.42. The highest BCUT2D eigenvalue weighted by Crippen LogP contribution is 2.23. The van der Waals surface area contributed by atoms with Crippen molar-refractivity contribution in [2.75, 3.05) is 21.0 Å². The van der Waals surface area contributed by atoms with Gasteiger partial charge in [-0.1, -0.05) is 18.2 Å². The maximum Gasteiger partial charge on any atom is 0.261 e. The summed E-state index contributed by atoms with van der Waals surface area (Å²) in [5.41, 5.74) is 3.86. The molecular formula is C23H25N3O5S2. The van der Waals surface area contributed by atoms with E-state index in [1.54, 1.807) is 25.1 Å². The largest absolute Gasteiger partial charge is 0.322 e. The summed E-state index contributed by atoms with van der Waals surface area (Å²) in [7, 11) is -7.30. The maximum absolute atomic E-state index is 12.7. The molecule has 0 aromatic heterocycles. The summed E-state index contributed by atoms with van der Waals surface area (Å²) in [6.07, 6.45) is 1.03. The van der Waals surface area contributed by atoms with Gasteiger partial charge in [-0.3, -0.25) is 14.2 Å². The summed E-state index contributed by atoms with van der Waals surface area (Å²) < 4.78 is 53.5. The Hall–Kier alpha value is -3.37. The van der Waals surface area contributed by atoms with E-state index in [0.717, 1.165) is 17.4 Å². The first-order valence-corrected chi connectivity index (χ1v) is 13.3. The molecule has 0 aliphatic carbocycles. The molecule has 0 heterocycles. The zero-order chi connectivity index (χ0) is 24.4. The monoisotopic (exact) mass is 487 g/mol. The number of nitrogens with one attached hydrogen (secondary N) is 3. The molecule has 0 spiro atoms. The number of aryl methyl sites for hydroxylation is 3. The molecular weight excluding hydrogens is 462 g/mol. The molecule has 0 aliphatic heterocycles. The molecule has 3 aromatic carbocycles. The van der Waals surface area contributed by atoms with Crippen LogP contribution in [0.15, 0.2) is 65.6 Å². The zero-order valence-corrected chi connectivity index (χ0v) is 20.3. The van der Waals surface area contributed by atoms with Crippen LogP contribution in [0.5, 0.6) is 0 Å². The van der Waals surface area contributed by atoms with Gasteiger partial charge in [-0.15, -0.1) is 0 Å². The van der Waals surface area contributed by atoms with Crippen molar-refractivity contribution in [1.82, 2.24) is 0 Å². The molecule has 0 radical (unpaired) electrons. The van der Waals surface area contributed by atoms with Crippen LogP contribution in [0.2, 0.25) is 0 Å². The van der Waals surface area contributed by atoms with E-state index in [1.165, 1.54) is 30.3 Å². The van der Waals surface area contributed by atoms with Gasteiger partial charge < -0.3 is 5.32 Å². The Bertz CT molecular complexity index is 1410. The Morgan fingerprint density at radius 2 is 1.30 bits per heavy atom. The second-order valence-electron chi connectivity index (χ2n) is 7.81.